The van der Waals surface area contributed by atoms with Crippen molar-refractivity contribution < 1.29 is 9.47 Å². The smallest absolute Gasteiger partial charge is 0.162 e. The van der Waals surface area contributed by atoms with E-state index in [1.54, 1.807) is 6.07 Å². The molecule has 0 saturated heterocycles. The maximum atomic E-state index is 5.57. The highest BCUT2D eigenvalue weighted by atomic mass is 35.5. The minimum atomic E-state index is 0.0958. The maximum absolute atomic E-state index is 5.57. The molecule has 0 fully saturated rings. The number of ether oxygens (including phenoxy) is 2. The Hall–Kier alpha value is -1.38. The van der Waals surface area contributed by atoms with Crippen LogP contribution in [0.3, 0.4) is 0 Å². The Kier molecular flexibility index (Phi) is 4.73. The summed E-state index contributed by atoms with van der Waals surface area (Å²) in [5.74, 6) is 1.32. The Balaban J connectivity index is 2.39. The number of hydrogen-bond donors (Lipinski definition) is 0. The van der Waals surface area contributed by atoms with Gasteiger partial charge < -0.3 is 9.47 Å². The molecule has 0 atom stereocenters. The zero-order chi connectivity index (χ0) is 12.8. The molecule has 0 aromatic heterocycles. The monoisotopic (exact) mass is 282 g/mol. The zero-order valence-electron chi connectivity index (χ0n) is 9.61. The third kappa shape index (κ3) is 3.31. The topological polar surface area (TPSA) is 18.5 Å². The molecule has 0 unspecified atom stereocenters. The summed E-state index contributed by atoms with van der Waals surface area (Å²) in [6, 6.07) is 15.7. The minimum absolute atomic E-state index is 0.0958. The lowest BCUT2D eigenvalue weighted by Crippen LogP contribution is -1.93. The first kappa shape index (κ1) is 13.1. The van der Waals surface area contributed by atoms with Gasteiger partial charge in [0.1, 0.15) is 11.5 Å². The molecule has 2 aromatic rings. The van der Waals surface area contributed by atoms with Crippen LogP contribution in [0.1, 0.15) is 0 Å². The average Bonchev–Trinajstić information content (AvgIpc) is 2.40. The van der Waals surface area contributed by atoms with Crippen molar-refractivity contribution in [3.63, 3.8) is 0 Å². The van der Waals surface area contributed by atoms with E-state index in [-0.39, 0.29) is 12.1 Å². The molecule has 2 aromatic carbocycles. The van der Waals surface area contributed by atoms with Gasteiger partial charge in [0.25, 0.3) is 0 Å². The van der Waals surface area contributed by atoms with Gasteiger partial charge in [0.05, 0.1) is 0 Å². The summed E-state index contributed by atoms with van der Waals surface area (Å²) in [5, 5.41) is 0. The lowest BCUT2D eigenvalue weighted by Gasteiger charge is -2.10. The van der Waals surface area contributed by atoms with Gasteiger partial charge in [-0.3, -0.25) is 0 Å². The molecule has 94 valence electrons. The molecule has 0 spiro atoms. The second-order valence-electron chi connectivity index (χ2n) is 3.57. The molecule has 4 heteroatoms. The van der Waals surface area contributed by atoms with E-state index in [4.69, 9.17) is 32.7 Å². The highest BCUT2D eigenvalue weighted by molar-refractivity contribution is 6.17. The lowest BCUT2D eigenvalue weighted by molar-refractivity contribution is 0.369. The van der Waals surface area contributed by atoms with Crippen molar-refractivity contribution in [3.05, 3.63) is 48.5 Å². The second kappa shape index (κ2) is 6.53. The van der Waals surface area contributed by atoms with Crippen LogP contribution in [0.15, 0.2) is 48.5 Å². The molecule has 0 bridgehead atoms. The number of rotatable bonds is 5. The average molecular weight is 283 g/mol. The van der Waals surface area contributed by atoms with Crippen molar-refractivity contribution in [2.45, 2.75) is 0 Å². The van der Waals surface area contributed by atoms with Crippen molar-refractivity contribution in [1.29, 1.82) is 0 Å². The van der Waals surface area contributed by atoms with Crippen molar-refractivity contribution in [1.82, 2.24) is 0 Å². The molecule has 0 radical (unpaired) electrons. The van der Waals surface area contributed by atoms with Crippen LogP contribution in [0.25, 0.3) is 11.1 Å². The van der Waals surface area contributed by atoms with Crippen LogP contribution in [-0.4, -0.2) is 12.1 Å². The van der Waals surface area contributed by atoms with Crippen LogP contribution < -0.4 is 9.47 Å². The quantitative estimate of drug-likeness (QED) is 0.752. The fourth-order valence-corrected chi connectivity index (χ4v) is 1.91. The van der Waals surface area contributed by atoms with Gasteiger partial charge in [-0.25, -0.2) is 0 Å². The summed E-state index contributed by atoms with van der Waals surface area (Å²) in [7, 11) is 0. The summed E-state index contributed by atoms with van der Waals surface area (Å²) in [4.78, 5) is 0. The molecular weight excluding hydrogens is 271 g/mol. The van der Waals surface area contributed by atoms with E-state index in [1.165, 1.54) is 0 Å². The summed E-state index contributed by atoms with van der Waals surface area (Å²) in [5.41, 5.74) is 2.08. The van der Waals surface area contributed by atoms with E-state index < -0.39 is 0 Å². The molecule has 2 nitrogen and oxygen atoms in total. The van der Waals surface area contributed by atoms with Crippen LogP contribution in [-0.2, 0) is 0 Å². The summed E-state index contributed by atoms with van der Waals surface area (Å²) >= 11 is 11.1. The summed E-state index contributed by atoms with van der Waals surface area (Å²) in [6.45, 7) is 0. The second-order valence-corrected chi connectivity index (χ2v) is 4.00. The standard InChI is InChI=1S/C14H12Cl2O2/c15-9-17-13-6-12(7-14(8-13)18-10-16)11-4-2-1-3-5-11/h1-8H,9-10H2. The normalized spacial score (nSPS) is 10.1. The zero-order valence-corrected chi connectivity index (χ0v) is 11.1. The molecule has 2 rings (SSSR count). The first-order valence-electron chi connectivity index (χ1n) is 5.41. The van der Waals surface area contributed by atoms with E-state index in [2.05, 4.69) is 0 Å². The van der Waals surface area contributed by atoms with Crippen molar-refractivity contribution in [2.75, 3.05) is 12.1 Å². The molecule has 0 aliphatic heterocycles. The van der Waals surface area contributed by atoms with Gasteiger partial charge in [0, 0.05) is 6.07 Å². The van der Waals surface area contributed by atoms with Gasteiger partial charge in [0.2, 0.25) is 0 Å². The van der Waals surface area contributed by atoms with Gasteiger partial charge in [0.15, 0.2) is 12.1 Å². The van der Waals surface area contributed by atoms with E-state index in [0.717, 1.165) is 11.1 Å². The SMILES string of the molecule is ClCOc1cc(OCCl)cc(-c2ccccc2)c1. The predicted molar refractivity (Wildman–Crippen MR) is 74.6 cm³/mol. The van der Waals surface area contributed by atoms with Crippen LogP contribution in [0.2, 0.25) is 0 Å². The van der Waals surface area contributed by atoms with E-state index in [9.17, 15) is 0 Å². The van der Waals surface area contributed by atoms with Gasteiger partial charge in [-0.1, -0.05) is 53.5 Å². The molecule has 0 saturated carbocycles. The van der Waals surface area contributed by atoms with Crippen molar-refractivity contribution in [2.24, 2.45) is 0 Å². The van der Waals surface area contributed by atoms with Crippen molar-refractivity contribution in [3.8, 4) is 22.6 Å². The largest absolute Gasteiger partial charge is 0.478 e. The molecule has 0 aliphatic carbocycles. The van der Waals surface area contributed by atoms with E-state index in [1.807, 2.05) is 42.5 Å². The summed E-state index contributed by atoms with van der Waals surface area (Å²) in [6.07, 6.45) is 0. The Morgan fingerprint density at radius 1 is 0.722 bits per heavy atom. The maximum Gasteiger partial charge on any atom is 0.162 e. The molecule has 18 heavy (non-hydrogen) atoms. The summed E-state index contributed by atoms with van der Waals surface area (Å²) < 4.78 is 10.6. The van der Waals surface area contributed by atoms with E-state index in [0.29, 0.717) is 11.5 Å². The number of halogens is 2. The minimum Gasteiger partial charge on any atom is -0.478 e. The predicted octanol–water partition coefficient (Wildman–Crippen LogP) is 4.50. The Morgan fingerprint density at radius 2 is 1.28 bits per heavy atom. The Labute approximate surface area is 116 Å². The molecule has 0 aliphatic rings. The molecule has 0 amide bonds. The highest BCUT2D eigenvalue weighted by Gasteiger charge is 2.04. The third-order valence-electron chi connectivity index (χ3n) is 2.43. The van der Waals surface area contributed by atoms with Gasteiger partial charge in [-0.15, -0.1) is 0 Å². The number of hydrogen-bond acceptors (Lipinski definition) is 2. The third-order valence-corrected chi connectivity index (χ3v) is 2.65. The number of alkyl halides is 2. The van der Waals surface area contributed by atoms with Crippen LogP contribution >= 0.6 is 23.2 Å². The van der Waals surface area contributed by atoms with Gasteiger partial charge >= 0.3 is 0 Å². The first-order chi connectivity index (χ1) is 8.83. The van der Waals surface area contributed by atoms with Crippen LogP contribution in [0, 0.1) is 0 Å². The fraction of sp³-hybridized carbons (Fsp3) is 0.143. The van der Waals surface area contributed by atoms with Gasteiger partial charge in [-0.05, 0) is 23.3 Å². The lowest BCUT2D eigenvalue weighted by atomic mass is 10.1. The Bertz CT molecular complexity index is 476. The fourth-order valence-electron chi connectivity index (χ4n) is 1.66. The molecule has 0 N–H and O–H groups in total. The molecular formula is C14H12Cl2O2. The van der Waals surface area contributed by atoms with Crippen molar-refractivity contribution >= 4 is 23.2 Å². The van der Waals surface area contributed by atoms with Crippen LogP contribution in [0.5, 0.6) is 11.5 Å². The Morgan fingerprint density at radius 3 is 1.78 bits per heavy atom. The number of benzene rings is 2. The van der Waals surface area contributed by atoms with Crippen LogP contribution in [0.4, 0.5) is 0 Å². The highest BCUT2D eigenvalue weighted by Crippen LogP contribution is 2.30. The van der Waals surface area contributed by atoms with E-state index >= 15 is 0 Å². The van der Waals surface area contributed by atoms with Gasteiger partial charge in [-0.2, -0.15) is 0 Å². The molecule has 0 heterocycles. The first-order valence-corrected chi connectivity index (χ1v) is 6.48.